The van der Waals surface area contributed by atoms with Crippen LogP contribution in [-0.4, -0.2) is 25.0 Å². The lowest BCUT2D eigenvalue weighted by atomic mass is 10.00. The quantitative estimate of drug-likeness (QED) is 0.830. The number of hydrogen-bond donors (Lipinski definition) is 2. The van der Waals surface area contributed by atoms with Gasteiger partial charge in [-0.25, -0.2) is 0 Å². The molecule has 0 spiro atoms. The molecule has 1 fully saturated rings. The minimum atomic E-state index is -0.611. The molecule has 0 aromatic heterocycles. The summed E-state index contributed by atoms with van der Waals surface area (Å²) in [7, 11) is 2.01. The van der Waals surface area contributed by atoms with Gasteiger partial charge >= 0.3 is 0 Å². The maximum Gasteiger partial charge on any atom is 0.276 e. The van der Waals surface area contributed by atoms with Gasteiger partial charge in [-0.05, 0) is 37.7 Å². The van der Waals surface area contributed by atoms with Crippen molar-refractivity contribution in [3.05, 3.63) is 35.4 Å². The van der Waals surface area contributed by atoms with Crippen LogP contribution in [0.3, 0.4) is 0 Å². The number of benzene rings is 1. The minimum Gasteiger partial charge on any atom is -0.333 e. The molecule has 1 atom stereocenters. The Morgan fingerprint density at radius 1 is 1.27 bits per heavy atom. The highest BCUT2D eigenvalue weighted by atomic mass is 16.2. The van der Waals surface area contributed by atoms with Gasteiger partial charge in [0.1, 0.15) is 12.1 Å². The van der Waals surface area contributed by atoms with E-state index in [1.54, 1.807) is 0 Å². The van der Waals surface area contributed by atoms with Crippen molar-refractivity contribution in [1.82, 2.24) is 5.32 Å². The van der Waals surface area contributed by atoms with Crippen LogP contribution < -0.4 is 10.2 Å². The molecular formula is C18H26N3O+. The second-order valence-electron chi connectivity index (χ2n) is 6.43. The van der Waals surface area contributed by atoms with Gasteiger partial charge in [0.05, 0.1) is 13.1 Å². The van der Waals surface area contributed by atoms with E-state index in [0.29, 0.717) is 6.54 Å². The van der Waals surface area contributed by atoms with Crippen molar-refractivity contribution >= 4 is 5.91 Å². The Morgan fingerprint density at radius 3 is 2.41 bits per heavy atom. The molecule has 1 aliphatic carbocycles. The van der Waals surface area contributed by atoms with Crippen LogP contribution in [0.1, 0.15) is 43.7 Å². The molecule has 1 saturated carbocycles. The Labute approximate surface area is 133 Å². The van der Waals surface area contributed by atoms with Crippen molar-refractivity contribution < 1.29 is 9.69 Å². The van der Waals surface area contributed by atoms with Gasteiger partial charge in [-0.2, -0.15) is 5.26 Å². The van der Waals surface area contributed by atoms with E-state index >= 15 is 0 Å². The largest absolute Gasteiger partial charge is 0.333 e. The van der Waals surface area contributed by atoms with Crippen molar-refractivity contribution in [2.75, 3.05) is 13.6 Å². The maximum atomic E-state index is 12.2. The van der Waals surface area contributed by atoms with Gasteiger partial charge in [-0.1, -0.05) is 31.2 Å². The summed E-state index contributed by atoms with van der Waals surface area (Å²) >= 11 is 0. The fraction of sp³-hybridized carbons (Fsp3) is 0.556. The molecule has 1 aliphatic rings. The van der Waals surface area contributed by atoms with E-state index < -0.39 is 5.54 Å². The number of likely N-dealkylation sites (N-methyl/N-ethyl adjacent to an activating group) is 1. The molecule has 1 aromatic carbocycles. The highest BCUT2D eigenvalue weighted by molar-refractivity contribution is 5.78. The first kappa shape index (κ1) is 16.5. The first-order valence-electron chi connectivity index (χ1n) is 8.18. The number of nitrogens with one attached hydrogen (secondary N) is 2. The van der Waals surface area contributed by atoms with Crippen molar-refractivity contribution in [3.8, 4) is 6.07 Å². The predicted octanol–water partition coefficient (Wildman–Crippen LogP) is 1.22. The summed E-state index contributed by atoms with van der Waals surface area (Å²) in [5.41, 5.74) is 1.95. The number of nitriles is 1. The normalized spacial score (nSPS) is 17.7. The molecule has 0 heterocycles. The van der Waals surface area contributed by atoms with E-state index in [-0.39, 0.29) is 5.91 Å². The first-order chi connectivity index (χ1) is 10.6. The third-order valence-corrected chi connectivity index (χ3v) is 4.45. The van der Waals surface area contributed by atoms with Crippen molar-refractivity contribution in [2.45, 2.75) is 51.1 Å². The fourth-order valence-corrected chi connectivity index (χ4v) is 3.13. The minimum absolute atomic E-state index is 0.0221. The van der Waals surface area contributed by atoms with Gasteiger partial charge < -0.3 is 10.2 Å². The summed E-state index contributed by atoms with van der Waals surface area (Å²) in [6.45, 7) is 3.36. The third kappa shape index (κ3) is 4.32. The number of rotatable bonds is 6. The predicted molar refractivity (Wildman–Crippen MR) is 86.2 cm³/mol. The summed E-state index contributed by atoms with van der Waals surface area (Å²) in [4.78, 5) is 13.3. The fourth-order valence-electron chi connectivity index (χ4n) is 3.13. The van der Waals surface area contributed by atoms with Gasteiger partial charge in [-0.15, -0.1) is 0 Å². The highest BCUT2D eigenvalue weighted by Gasteiger charge is 2.35. The number of nitrogens with zero attached hydrogens (tertiary/aromatic N) is 1. The van der Waals surface area contributed by atoms with Gasteiger partial charge in [0.25, 0.3) is 5.91 Å². The lowest BCUT2D eigenvalue weighted by molar-refractivity contribution is -0.885. The van der Waals surface area contributed by atoms with Gasteiger partial charge in [0.15, 0.2) is 6.54 Å². The monoisotopic (exact) mass is 300 g/mol. The Hall–Kier alpha value is -1.86. The average molecular weight is 300 g/mol. The zero-order valence-electron chi connectivity index (χ0n) is 13.6. The van der Waals surface area contributed by atoms with Crippen LogP contribution in [0, 0.1) is 11.3 Å². The van der Waals surface area contributed by atoms with Crippen LogP contribution >= 0.6 is 0 Å². The molecule has 4 nitrogen and oxygen atoms in total. The Bertz CT molecular complexity index is 538. The molecular weight excluding hydrogens is 274 g/mol. The van der Waals surface area contributed by atoms with Crippen LogP contribution in [0.5, 0.6) is 0 Å². The van der Waals surface area contributed by atoms with Crippen LogP contribution in [0.4, 0.5) is 0 Å². The number of amides is 1. The first-order valence-corrected chi connectivity index (χ1v) is 8.18. The summed E-state index contributed by atoms with van der Waals surface area (Å²) in [6, 6.07) is 10.9. The molecule has 118 valence electrons. The van der Waals surface area contributed by atoms with Crippen LogP contribution in [0.25, 0.3) is 0 Å². The molecule has 2 rings (SSSR count). The topological polar surface area (TPSA) is 57.3 Å². The third-order valence-electron chi connectivity index (χ3n) is 4.45. The van der Waals surface area contributed by atoms with Crippen molar-refractivity contribution in [3.63, 3.8) is 0 Å². The lowest BCUT2D eigenvalue weighted by Gasteiger charge is -2.23. The second-order valence-corrected chi connectivity index (χ2v) is 6.43. The maximum absolute atomic E-state index is 12.2. The molecule has 22 heavy (non-hydrogen) atoms. The van der Waals surface area contributed by atoms with E-state index in [1.165, 1.54) is 11.1 Å². The number of aryl methyl sites for hydroxylation is 1. The zero-order valence-corrected chi connectivity index (χ0v) is 13.6. The summed E-state index contributed by atoms with van der Waals surface area (Å²) in [6.07, 6.45) is 4.67. The van der Waals surface area contributed by atoms with Gasteiger partial charge in [-0.3, -0.25) is 4.79 Å². The molecule has 0 bridgehead atoms. The standard InChI is InChI=1S/C18H25N3O/c1-3-15-6-8-16(9-7-15)12-21(2)13-17(22)20-18(14-19)10-4-5-11-18/h6-9H,3-5,10-13H2,1-2H3,(H,20,22)/p+1. The molecule has 2 N–H and O–H groups in total. The Kier molecular flexibility index (Phi) is 5.57. The summed E-state index contributed by atoms with van der Waals surface area (Å²) in [5.74, 6) is -0.0221. The number of quaternary nitrogens is 1. The number of carbonyl (C=O) groups excluding carboxylic acids is 1. The molecule has 1 unspecified atom stereocenters. The second kappa shape index (κ2) is 7.42. The Morgan fingerprint density at radius 2 is 1.86 bits per heavy atom. The molecule has 4 heteroatoms. The van der Waals surface area contributed by atoms with E-state index in [1.807, 2.05) is 7.05 Å². The lowest BCUT2D eigenvalue weighted by Crippen LogP contribution is -3.09. The Balaban J connectivity index is 1.84. The summed E-state index contributed by atoms with van der Waals surface area (Å²) < 4.78 is 0. The molecule has 1 aromatic rings. The van der Waals surface area contributed by atoms with E-state index in [9.17, 15) is 10.1 Å². The molecule has 0 radical (unpaired) electrons. The van der Waals surface area contributed by atoms with E-state index in [0.717, 1.165) is 43.5 Å². The summed E-state index contributed by atoms with van der Waals surface area (Å²) in [5, 5.41) is 12.3. The highest BCUT2D eigenvalue weighted by Crippen LogP contribution is 2.28. The molecule has 0 aliphatic heterocycles. The molecule has 0 saturated heterocycles. The smallest absolute Gasteiger partial charge is 0.276 e. The van der Waals surface area contributed by atoms with Gasteiger partial charge in [0, 0.05) is 5.56 Å². The van der Waals surface area contributed by atoms with Crippen LogP contribution in [0.2, 0.25) is 0 Å². The SMILES string of the molecule is CCc1ccc(C[NH+](C)CC(=O)NC2(C#N)CCCC2)cc1. The average Bonchev–Trinajstić information content (AvgIpc) is 2.96. The van der Waals surface area contributed by atoms with Crippen LogP contribution in [-0.2, 0) is 17.8 Å². The van der Waals surface area contributed by atoms with E-state index in [2.05, 4.69) is 42.6 Å². The van der Waals surface area contributed by atoms with E-state index in [4.69, 9.17) is 0 Å². The number of hydrogen-bond acceptors (Lipinski definition) is 2. The number of carbonyl (C=O) groups is 1. The van der Waals surface area contributed by atoms with Crippen LogP contribution in [0.15, 0.2) is 24.3 Å². The van der Waals surface area contributed by atoms with Crippen molar-refractivity contribution in [2.24, 2.45) is 0 Å². The molecule has 1 amide bonds. The zero-order chi connectivity index (χ0) is 16.0. The van der Waals surface area contributed by atoms with Gasteiger partial charge in [0.2, 0.25) is 0 Å². The van der Waals surface area contributed by atoms with Crippen molar-refractivity contribution in [1.29, 1.82) is 5.26 Å².